The molecule has 456 valence electrons. The summed E-state index contributed by atoms with van der Waals surface area (Å²) >= 11 is 0. The predicted molar refractivity (Wildman–Crippen MR) is 411 cm³/mol. The van der Waals surface area contributed by atoms with Gasteiger partial charge in [0.2, 0.25) is 0 Å². The Kier molecular flexibility index (Phi) is 19.6. The highest BCUT2D eigenvalue weighted by molar-refractivity contribution is 6.91. The van der Waals surface area contributed by atoms with E-state index in [-0.39, 0.29) is 0 Å². The Morgan fingerprint density at radius 3 is 0.533 bits per heavy atom. The SMILES string of the molecule is CC(C)[Si](C#Cc1c2ccccc2c(/C=C/c2cc(/C=C/c3c4ccccc4c(C#C[Si](C(C)C)(C(C)C)C(C)C)c4ccccc34)cc(/C=C/c3c4ccccc4c(C#C[Si](C(C)C)(C(C)C)C(C)C)c4ccccc34)c2)c2ccccc12)(C(C)C)C(C)C. The minimum Gasteiger partial charge on any atom is -0.125 e. The summed E-state index contributed by atoms with van der Waals surface area (Å²) in [7, 11) is -6.07. The molecule has 0 aliphatic carbocycles. The molecule has 0 saturated heterocycles. The predicted octanol–water partition coefficient (Wildman–Crippen LogP) is 25.8. The van der Waals surface area contributed by atoms with E-state index in [4.69, 9.17) is 0 Å². The lowest BCUT2D eigenvalue weighted by Gasteiger charge is -2.38. The monoisotopic (exact) mass is 1220 g/mol. The van der Waals surface area contributed by atoms with Crippen molar-refractivity contribution in [3.8, 4) is 34.4 Å². The van der Waals surface area contributed by atoms with Gasteiger partial charge in [-0.05, 0) is 166 Å². The average Bonchev–Trinajstić information content (AvgIpc) is 0.838. The molecule has 10 rings (SSSR count). The number of fused-ring (bicyclic) bond motifs is 6. The Balaban J connectivity index is 1.18. The van der Waals surface area contributed by atoms with Gasteiger partial charge in [0, 0.05) is 16.7 Å². The molecular formula is C87H96Si3. The van der Waals surface area contributed by atoms with E-state index >= 15 is 0 Å². The number of benzene rings is 10. The van der Waals surface area contributed by atoms with Gasteiger partial charge in [-0.3, -0.25) is 0 Å². The molecule has 0 heterocycles. The molecule has 0 aliphatic heterocycles. The van der Waals surface area contributed by atoms with Crippen LogP contribution >= 0.6 is 0 Å². The molecule has 0 spiro atoms. The van der Waals surface area contributed by atoms with Gasteiger partial charge in [-0.15, -0.1) is 16.6 Å². The van der Waals surface area contributed by atoms with Gasteiger partial charge < -0.3 is 0 Å². The van der Waals surface area contributed by atoms with E-state index < -0.39 is 24.2 Å². The van der Waals surface area contributed by atoms with Gasteiger partial charge in [-0.2, -0.15) is 0 Å². The van der Waals surface area contributed by atoms with Crippen LogP contribution in [0.25, 0.3) is 101 Å². The highest BCUT2D eigenvalue weighted by Crippen LogP contribution is 2.45. The molecule has 0 saturated carbocycles. The van der Waals surface area contributed by atoms with Gasteiger partial charge >= 0.3 is 0 Å². The Bertz CT molecular complexity index is 3910. The van der Waals surface area contributed by atoms with E-state index in [2.05, 4.69) is 359 Å². The molecule has 0 bridgehead atoms. The first-order chi connectivity index (χ1) is 43.1. The highest BCUT2D eigenvalue weighted by atomic mass is 28.3. The normalized spacial score (nSPS) is 12.8. The molecule has 3 heteroatoms. The molecule has 0 fully saturated rings. The zero-order valence-electron chi connectivity index (χ0n) is 57.2. The number of hydrogen-bond donors (Lipinski definition) is 0. The fourth-order valence-electron chi connectivity index (χ4n) is 16.8. The highest BCUT2D eigenvalue weighted by Gasteiger charge is 2.44. The van der Waals surface area contributed by atoms with Gasteiger partial charge in [-0.1, -0.05) is 324 Å². The van der Waals surface area contributed by atoms with Gasteiger partial charge in [0.15, 0.2) is 0 Å². The smallest absolute Gasteiger partial charge is 0.125 e. The Morgan fingerprint density at radius 1 is 0.222 bits per heavy atom. The van der Waals surface area contributed by atoms with Crippen LogP contribution in [0, 0.1) is 34.4 Å². The third-order valence-corrected chi connectivity index (χ3v) is 39.9. The summed E-state index contributed by atoms with van der Waals surface area (Å²) in [6.07, 6.45) is 14.1. The fraction of sp³-hybridized carbons (Fsp3) is 0.310. The summed E-state index contributed by atoms with van der Waals surface area (Å²) in [5, 5.41) is 14.5. The average molecular weight is 1230 g/mol. The van der Waals surface area contributed by atoms with E-state index in [1.54, 1.807) is 0 Å². The van der Waals surface area contributed by atoms with Crippen LogP contribution in [-0.2, 0) is 0 Å². The van der Waals surface area contributed by atoms with Crippen LogP contribution in [0.4, 0.5) is 0 Å². The second kappa shape index (κ2) is 27.0. The van der Waals surface area contributed by atoms with Crippen LogP contribution in [0.3, 0.4) is 0 Å². The van der Waals surface area contributed by atoms with E-state index in [9.17, 15) is 0 Å². The summed E-state index contributed by atoms with van der Waals surface area (Å²) in [6.45, 7) is 43.3. The van der Waals surface area contributed by atoms with Crippen molar-refractivity contribution in [2.24, 2.45) is 0 Å². The quantitative estimate of drug-likeness (QED) is 0.0415. The zero-order chi connectivity index (χ0) is 64.4. The molecule has 0 radical (unpaired) electrons. The van der Waals surface area contributed by atoms with Gasteiger partial charge in [0.25, 0.3) is 0 Å². The molecule has 10 aromatic rings. The standard InChI is InChI=1S/C87H96Si3/c1-58(2)88(59(3)4,60(5)6)52-49-85-76-37-25-19-31-70(76)82(71-32-20-26-38-77(71)85)46-43-67-55-68(44-47-83-72-33-21-27-39-78(72)86(79-40-28-22-34-73(79)83)50-53-89(61(7)8,62(9)10)63(11)12)57-69(56-67)45-48-84-74-35-23-29-41-80(74)87(81-42-30-24-36-75(81)84)51-54-90(64(13)14,65(15)16)66(17)18/h19-48,55-66H,1-18H3/b46-43+,47-44+,48-45+. The van der Waals surface area contributed by atoms with Crippen molar-refractivity contribution >= 4 is 125 Å². The number of hydrogen-bond acceptors (Lipinski definition) is 0. The summed E-state index contributed by atoms with van der Waals surface area (Å²) in [5.74, 6) is 11.8. The maximum absolute atomic E-state index is 4.11. The lowest BCUT2D eigenvalue weighted by atomic mass is 9.90. The molecule has 0 aromatic heterocycles. The maximum atomic E-state index is 4.11. The van der Waals surface area contributed by atoms with Crippen molar-refractivity contribution < 1.29 is 0 Å². The first-order valence-corrected chi connectivity index (χ1v) is 40.4. The topological polar surface area (TPSA) is 0 Å². The first kappa shape index (κ1) is 65.3. The molecular weight excluding hydrogens is 1130 g/mol. The lowest BCUT2D eigenvalue weighted by Crippen LogP contribution is -2.43. The van der Waals surface area contributed by atoms with Crippen LogP contribution < -0.4 is 0 Å². The van der Waals surface area contributed by atoms with Gasteiger partial charge in [0.05, 0.1) is 0 Å². The zero-order valence-corrected chi connectivity index (χ0v) is 60.2. The molecule has 0 unspecified atom stereocenters. The van der Waals surface area contributed by atoms with Gasteiger partial charge in [-0.25, -0.2) is 0 Å². The molecule has 90 heavy (non-hydrogen) atoms. The van der Waals surface area contributed by atoms with E-state index in [0.717, 1.165) is 33.4 Å². The van der Waals surface area contributed by atoms with Crippen LogP contribution in [0.2, 0.25) is 49.9 Å². The summed E-state index contributed by atoms with van der Waals surface area (Å²) < 4.78 is 0. The first-order valence-electron chi connectivity index (χ1n) is 33.7. The summed E-state index contributed by atoms with van der Waals surface area (Å²) in [5.41, 5.74) is 27.6. The van der Waals surface area contributed by atoms with Crippen LogP contribution in [0.5, 0.6) is 0 Å². The Morgan fingerprint density at radius 2 is 0.378 bits per heavy atom. The van der Waals surface area contributed by atoms with Gasteiger partial charge in [0.1, 0.15) is 24.2 Å². The summed E-state index contributed by atoms with van der Waals surface area (Å²) in [4.78, 5) is 0. The largest absolute Gasteiger partial charge is 0.146 e. The molecule has 0 aliphatic rings. The van der Waals surface area contributed by atoms with Crippen molar-refractivity contribution in [3.63, 3.8) is 0 Å². The summed E-state index contributed by atoms with van der Waals surface area (Å²) in [6, 6.07) is 60.8. The minimum absolute atomic E-state index is 0.542. The molecule has 0 atom stereocenters. The van der Waals surface area contributed by atoms with Crippen LogP contribution in [0.15, 0.2) is 164 Å². The van der Waals surface area contributed by atoms with E-state index in [1.165, 1.54) is 81.3 Å². The van der Waals surface area contributed by atoms with E-state index in [1.807, 2.05) is 0 Å². The van der Waals surface area contributed by atoms with E-state index in [0.29, 0.717) is 49.9 Å². The van der Waals surface area contributed by atoms with Crippen LogP contribution in [-0.4, -0.2) is 24.2 Å². The van der Waals surface area contributed by atoms with Crippen molar-refractivity contribution in [2.45, 2.75) is 174 Å². The van der Waals surface area contributed by atoms with Crippen molar-refractivity contribution in [2.75, 3.05) is 0 Å². The molecule has 0 nitrogen and oxygen atoms in total. The fourth-order valence-corrected chi connectivity index (χ4v) is 32.4. The lowest BCUT2D eigenvalue weighted by molar-refractivity contribution is 0.838. The van der Waals surface area contributed by atoms with Crippen LogP contribution in [0.1, 0.15) is 175 Å². The third kappa shape index (κ3) is 12.0. The maximum Gasteiger partial charge on any atom is 0.146 e. The second-order valence-corrected chi connectivity index (χ2v) is 45.3. The molecule has 0 amide bonds. The minimum atomic E-state index is -2.02. The Hall–Kier alpha value is -7.69. The Labute approximate surface area is 544 Å². The van der Waals surface area contributed by atoms with Crippen molar-refractivity contribution in [1.29, 1.82) is 0 Å². The second-order valence-electron chi connectivity index (χ2n) is 28.5. The van der Waals surface area contributed by atoms with Crippen molar-refractivity contribution in [1.82, 2.24) is 0 Å². The molecule has 10 aromatic carbocycles. The molecule has 0 N–H and O–H groups in total. The third-order valence-electron chi connectivity index (χ3n) is 21.1. The number of rotatable bonds is 15. The van der Waals surface area contributed by atoms with Crippen molar-refractivity contribution in [3.05, 3.63) is 214 Å².